The third-order valence-electron chi connectivity index (χ3n) is 19.5. The molecule has 16 rings (SSSR count). The van der Waals surface area contributed by atoms with Crippen LogP contribution < -0.4 is 4.74 Å². The molecule has 117 heavy (non-hydrogen) atoms. The van der Waals surface area contributed by atoms with Crippen LogP contribution in [0.15, 0.2) is 201 Å². The zero-order valence-electron chi connectivity index (χ0n) is 71.3. The summed E-state index contributed by atoms with van der Waals surface area (Å²) in [4.78, 5) is 55.8. The van der Waals surface area contributed by atoms with Crippen LogP contribution in [0.3, 0.4) is 0 Å². The fourth-order valence-corrected chi connectivity index (χ4v) is 13.7. The minimum absolute atomic E-state index is 0.0722. The van der Waals surface area contributed by atoms with Crippen molar-refractivity contribution in [3.63, 3.8) is 0 Å². The molecule has 0 aliphatic carbocycles. The third-order valence-corrected chi connectivity index (χ3v) is 19.5. The van der Waals surface area contributed by atoms with Crippen molar-refractivity contribution in [1.29, 1.82) is 0 Å². The first kappa shape index (κ1) is 89.1. The smallest absolute Gasteiger partial charge is 0.316 e. The van der Waals surface area contributed by atoms with Gasteiger partial charge in [0.15, 0.2) is 0 Å². The Morgan fingerprint density at radius 1 is 0.325 bits per heavy atom. The van der Waals surface area contributed by atoms with Gasteiger partial charge in [0, 0.05) is 74.9 Å². The quantitative estimate of drug-likeness (QED) is 0.123. The predicted octanol–water partition coefficient (Wildman–Crippen LogP) is 24.5. The number of nitrogens with zero attached hydrogens (tertiary/aromatic N) is 13. The number of pyridine rings is 5. The van der Waals surface area contributed by atoms with Gasteiger partial charge < -0.3 is 14.9 Å². The molecule has 0 radical (unpaired) electrons. The van der Waals surface area contributed by atoms with Crippen LogP contribution in [-0.4, -0.2) is 82.1 Å². The molecule has 0 amide bonds. The highest BCUT2D eigenvalue weighted by atomic mass is 19.1. The Morgan fingerprint density at radius 3 is 1.38 bits per heavy atom. The number of rotatable bonds is 11. The van der Waals surface area contributed by atoms with E-state index in [0.29, 0.717) is 63.7 Å². The number of hydrogen-bond donors (Lipinski definition) is 2. The van der Waals surface area contributed by atoms with Crippen LogP contribution in [0.4, 0.5) is 13.2 Å². The Kier molecular flexibility index (Phi) is 31.7. The number of methoxy groups -OCH3 is 1. The van der Waals surface area contributed by atoms with Gasteiger partial charge in [0.05, 0.1) is 87.1 Å². The number of ether oxygens (including phenoxy) is 1. The third kappa shape index (κ3) is 23.1. The maximum Gasteiger partial charge on any atom is 0.316 e. The molecule has 0 fully saturated rings. The van der Waals surface area contributed by atoms with E-state index in [1.54, 1.807) is 38.4 Å². The zero-order valence-corrected chi connectivity index (χ0v) is 71.3. The minimum atomic E-state index is -0.278. The summed E-state index contributed by atoms with van der Waals surface area (Å²) in [7, 11) is 1.59. The number of aliphatic hydroxyl groups excluding tert-OH is 2. The van der Waals surface area contributed by atoms with Crippen molar-refractivity contribution in [2.24, 2.45) is 0 Å². The first-order valence-electron chi connectivity index (χ1n) is 40.0. The second-order valence-electron chi connectivity index (χ2n) is 31.2. The van der Waals surface area contributed by atoms with Crippen molar-refractivity contribution >= 4 is 87.2 Å². The summed E-state index contributed by atoms with van der Waals surface area (Å²) >= 11 is 0. The number of aromatic nitrogens is 13. The lowest BCUT2D eigenvalue weighted by molar-refractivity contribution is 0.282. The highest BCUT2D eigenvalue weighted by molar-refractivity contribution is 5.88. The van der Waals surface area contributed by atoms with Gasteiger partial charge >= 0.3 is 6.01 Å². The van der Waals surface area contributed by atoms with Gasteiger partial charge in [-0.1, -0.05) is 177 Å². The van der Waals surface area contributed by atoms with Gasteiger partial charge in [0.1, 0.15) is 40.4 Å². The molecule has 9 aromatic heterocycles. The molecule has 0 saturated heterocycles. The van der Waals surface area contributed by atoms with Crippen LogP contribution in [0.5, 0.6) is 6.01 Å². The van der Waals surface area contributed by atoms with Gasteiger partial charge in [-0.15, -0.1) is 0 Å². The van der Waals surface area contributed by atoms with Crippen molar-refractivity contribution in [2.75, 3.05) is 7.11 Å². The molecule has 0 aliphatic rings. The molecule has 0 saturated carbocycles. The summed E-state index contributed by atoms with van der Waals surface area (Å²) in [5.41, 5.74) is 19.1. The van der Waals surface area contributed by atoms with Gasteiger partial charge in [-0.3, -0.25) is 24.9 Å². The highest BCUT2D eigenvalue weighted by Crippen LogP contribution is 2.33. The van der Waals surface area contributed by atoms with Crippen molar-refractivity contribution in [3.8, 4) is 6.01 Å². The lowest BCUT2D eigenvalue weighted by atomic mass is 9.96. The van der Waals surface area contributed by atoms with E-state index < -0.39 is 0 Å². The van der Waals surface area contributed by atoms with Crippen LogP contribution in [0.25, 0.3) is 87.2 Å². The molecule has 0 spiro atoms. The predicted molar refractivity (Wildman–Crippen MR) is 473 cm³/mol. The number of para-hydroxylation sites is 2. The van der Waals surface area contributed by atoms with Crippen LogP contribution in [0, 0.1) is 45.1 Å². The average Bonchev–Trinajstić information content (AvgIpc) is 0.809. The van der Waals surface area contributed by atoms with Gasteiger partial charge in [0.25, 0.3) is 0 Å². The Balaban J connectivity index is 0.000000153. The Labute approximate surface area is 686 Å². The number of benzene rings is 7. The van der Waals surface area contributed by atoms with Crippen molar-refractivity contribution in [2.45, 2.75) is 199 Å². The lowest BCUT2D eigenvalue weighted by Crippen LogP contribution is -2.01. The molecule has 9 heterocycles. The zero-order chi connectivity index (χ0) is 84.9. The number of fused-ring (bicyclic) bond motifs is 8. The maximum atomic E-state index is 13.7. The normalized spacial score (nSPS) is 11.2. The molecule has 7 aromatic carbocycles. The van der Waals surface area contributed by atoms with E-state index in [-0.39, 0.29) is 48.4 Å². The molecule has 16 nitrogen and oxygen atoms in total. The molecule has 606 valence electrons. The van der Waals surface area contributed by atoms with Crippen LogP contribution in [-0.2, 0) is 13.2 Å². The first-order chi connectivity index (χ1) is 55.9. The summed E-state index contributed by atoms with van der Waals surface area (Å²) in [6.45, 7) is 41.6. The number of hydrogen-bond acceptors (Lipinski definition) is 16. The summed E-state index contributed by atoms with van der Waals surface area (Å²) in [5, 5.41) is 26.4. The summed E-state index contributed by atoms with van der Waals surface area (Å²) < 4.78 is 45.4. The molecule has 16 aromatic rings. The lowest BCUT2D eigenvalue weighted by Gasteiger charge is -2.12. The molecule has 0 aliphatic heterocycles. The van der Waals surface area contributed by atoms with E-state index in [0.717, 1.165) is 99.8 Å². The molecule has 0 atom stereocenters. The van der Waals surface area contributed by atoms with Gasteiger partial charge in [-0.05, 0) is 212 Å². The van der Waals surface area contributed by atoms with Crippen molar-refractivity contribution in [1.82, 2.24) is 64.8 Å². The maximum absolute atomic E-state index is 13.7. The van der Waals surface area contributed by atoms with E-state index in [1.807, 2.05) is 177 Å². The fraction of sp³-hybridized carbons (Fsp3) is 0.316. The van der Waals surface area contributed by atoms with Crippen LogP contribution in [0.1, 0.15) is 237 Å². The van der Waals surface area contributed by atoms with Gasteiger partial charge in [-0.2, -0.15) is 9.97 Å². The van der Waals surface area contributed by atoms with E-state index in [4.69, 9.17) is 9.84 Å². The van der Waals surface area contributed by atoms with Crippen molar-refractivity contribution < 1.29 is 28.1 Å². The topological polar surface area (TPSA) is 217 Å². The summed E-state index contributed by atoms with van der Waals surface area (Å²) in [5.74, 6) is 4.41. The second kappa shape index (κ2) is 41.7. The molecule has 19 heteroatoms. The Morgan fingerprint density at radius 2 is 0.786 bits per heavy atom. The number of aliphatic hydroxyl groups is 2. The molecule has 0 unspecified atom stereocenters. The monoisotopic (exact) mass is 1570 g/mol. The molecule has 0 bridgehead atoms. The number of aryl methyl sites for hydroxylation is 4. The standard InChI is InChI=1S/2C13H15NO.C13H15N.3C12H13FN2.C12H14N2O.C11H12N2/c1-9(2)11-5-6-14-13-4-3-10(8-15)7-12(11)13;1-9(2)11-6-7-14-12-5-3-4-10(8-15)13(11)12;1-9(2)11-6-7-14-13-5-4-10(3)8-12(11)13;1-7(2)12-10-6-9(13)4-5-11(10)14-8(3)15-12;1-7(2)12-11-9(13)5-4-6-10(11)14-8(3)15-12;1-7(2)11-9-5-4-6-10(13)12(9)15-8(3)14-11;1-8(2)11-9-6-4-5-7-10(9)13-12(14-11)15-3;1-8(2)9-3-6-13-11-4-5-12-7-10(9)11/h2*3-7,9,15H,8H2,1-2H3;4-9H,1-3H3;3*4-7H,1-3H3;4-8H,1-3H3;3-8H,1-2H3. The SMILES string of the molecule is CC(C)c1ccnc2ccc(CO)cc12.CC(C)c1ccnc2cccc(CO)c12.CC(C)c1ccnc2ccncc12.COc1nc(C(C)C)c2ccccc2n1.Cc1ccc2nccc(C(C)C)c2c1.Cc1nc(C(C)C)c2c(F)cccc2n1.Cc1nc(C(C)C)c2cc(F)ccc2n1.Cc1nc(C(C)C)c2cccc(F)c2n1. The second-order valence-corrected chi connectivity index (χ2v) is 31.2. The largest absolute Gasteiger partial charge is 0.467 e. The highest BCUT2D eigenvalue weighted by Gasteiger charge is 2.18. The van der Waals surface area contributed by atoms with E-state index in [1.165, 1.54) is 62.9 Å². The van der Waals surface area contributed by atoms with E-state index in [9.17, 15) is 18.3 Å². The summed E-state index contributed by atoms with van der Waals surface area (Å²) in [6.07, 6.45) is 11.1. The Bertz CT molecular complexity index is 6000. The Hall–Kier alpha value is -11.8. The van der Waals surface area contributed by atoms with Gasteiger partial charge in [0.2, 0.25) is 0 Å². The molecule has 2 N–H and O–H groups in total. The molecular weight excluding hydrogens is 1460 g/mol. The van der Waals surface area contributed by atoms with Crippen LogP contribution >= 0.6 is 0 Å². The first-order valence-corrected chi connectivity index (χ1v) is 40.0. The summed E-state index contributed by atoms with van der Waals surface area (Å²) in [6, 6.07) is 51.4. The minimum Gasteiger partial charge on any atom is -0.467 e. The van der Waals surface area contributed by atoms with E-state index in [2.05, 4.69) is 171 Å². The van der Waals surface area contributed by atoms with Gasteiger partial charge in [-0.25, -0.2) is 43.1 Å². The van der Waals surface area contributed by atoms with Crippen LogP contribution in [0.2, 0.25) is 0 Å². The fourth-order valence-electron chi connectivity index (χ4n) is 13.7. The van der Waals surface area contributed by atoms with Crippen molar-refractivity contribution in [3.05, 3.63) is 298 Å². The number of halogens is 3. The molecular formula is C98H110F3N13O3. The average molecular weight is 1580 g/mol. The van der Waals surface area contributed by atoms with E-state index >= 15 is 0 Å².